The third-order valence-corrected chi connectivity index (χ3v) is 2.01. The Labute approximate surface area is 76.0 Å². The highest BCUT2D eigenvalue weighted by Crippen LogP contribution is 2.13. The highest BCUT2D eigenvalue weighted by molar-refractivity contribution is 6.30. The number of halogens is 1. The molecule has 1 aromatic heterocycles. The number of aliphatic hydroxyl groups is 1. The lowest BCUT2D eigenvalue weighted by atomic mass is 10.2. The fourth-order valence-electron chi connectivity index (χ4n) is 0.968. The Morgan fingerprint density at radius 1 is 1.83 bits per heavy atom. The Bertz CT molecular complexity index is 242. The smallest absolute Gasteiger partial charge is 0.150 e. The standard InChI is InChI=1S/C7H12ClN3O/c1-11-4-10-7(8)6(11)2-5(9)3-12/h4-5,12H,2-3,9H2,1H3. The van der Waals surface area contributed by atoms with E-state index in [1.54, 1.807) is 10.9 Å². The molecular formula is C7H12ClN3O. The van der Waals surface area contributed by atoms with Crippen molar-refractivity contribution in [3.05, 3.63) is 17.2 Å². The van der Waals surface area contributed by atoms with Gasteiger partial charge in [-0.25, -0.2) is 4.98 Å². The van der Waals surface area contributed by atoms with Crippen LogP contribution in [0, 0.1) is 0 Å². The van der Waals surface area contributed by atoms with E-state index in [0.29, 0.717) is 11.6 Å². The molecule has 0 bridgehead atoms. The van der Waals surface area contributed by atoms with E-state index in [9.17, 15) is 0 Å². The van der Waals surface area contributed by atoms with Crippen LogP contribution in [0.25, 0.3) is 0 Å². The number of aliphatic hydroxyl groups excluding tert-OH is 1. The molecule has 3 N–H and O–H groups in total. The molecule has 0 radical (unpaired) electrons. The topological polar surface area (TPSA) is 64.1 Å². The van der Waals surface area contributed by atoms with Crippen molar-refractivity contribution in [3.63, 3.8) is 0 Å². The van der Waals surface area contributed by atoms with Crippen LogP contribution in [0.5, 0.6) is 0 Å². The molecule has 0 aromatic carbocycles. The van der Waals surface area contributed by atoms with Crippen molar-refractivity contribution < 1.29 is 5.11 Å². The quantitative estimate of drug-likeness (QED) is 0.700. The maximum absolute atomic E-state index is 8.72. The van der Waals surface area contributed by atoms with Gasteiger partial charge in [0.2, 0.25) is 0 Å². The van der Waals surface area contributed by atoms with Gasteiger partial charge < -0.3 is 15.4 Å². The minimum Gasteiger partial charge on any atom is -0.395 e. The number of imidazole rings is 1. The largest absolute Gasteiger partial charge is 0.395 e. The maximum Gasteiger partial charge on any atom is 0.150 e. The predicted octanol–water partition coefficient (Wildman–Crippen LogP) is -0.0644. The number of rotatable bonds is 3. The molecule has 0 aliphatic carbocycles. The lowest BCUT2D eigenvalue weighted by Gasteiger charge is -2.08. The number of nitrogens with two attached hydrogens (primary N) is 1. The lowest BCUT2D eigenvalue weighted by molar-refractivity contribution is 0.264. The van der Waals surface area contributed by atoms with E-state index >= 15 is 0 Å². The van der Waals surface area contributed by atoms with Crippen molar-refractivity contribution in [3.8, 4) is 0 Å². The Morgan fingerprint density at radius 3 is 2.92 bits per heavy atom. The van der Waals surface area contributed by atoms with E-state index in [4.69, 9.17) is 22.4 Å². The fourth-order valence-corrected chi connectivity index (χ4v) is 1.22. The van der Waals surface area contributed by atoms with Crippen LogP contribution in [-0.2, 0) is 13.5 Å². The molecule has 4 nitrogen and oxygen atoms in total. The van der Waals surface area contributed by atoms with Crippen LogP contribution in [-0.4, -0.2) is 27.3 Å². The van der Waals surface area contributed by atoms with E-state index < -0.39 is 0 Å². The first-order valence-corrected chi connectivity index (χ1v) is 4.05. The summed E-state index contributed by atoms with van der Waals surface area (Å²) in [5.41, 5.74) is 6.41. The van der Waals surface area contributed by atoms with Crippen LogP contribution in [0.3, 0.4) is 0 Å². The van der Waals surface area contributed by atoms with Crippen LogP contribution in [0.1, 0.15) is 5.69 Å². The average molecular weight is 190 g/mol. The molecule has 12 heavy (non-hydrogen) atoms. The Kier molecular flexibility index (Phi) is 3.08. The zero-order valence-electron chi connectivity index (χ0n) is 6.87. The third kappa shape index (κ3) is 1.97. The molecule has 1 rings (SSSR count). The summed E-state index contributed by atoms with van der Waals surface area (Å²) in [5, 5.41) is 9.18. The molecule has 0 saturated heterocycles. The second-order valence-electron chi connectivity index (χ2n) is 2.74. The zero-order valence-corrected chi connectivity index (χ0v) is 7.62. The van der Waals surface area contributed by atoms with E-state index in [1.807, 2.05) is 7.05 Å². The summed E-state index contributed by atoms with van der Waals surface area (Å²) < 4.78 is 1.80. The summed E-state index contributed by atoms with van der Waals surface area (Å²) in [7, 11) is 1.85. The molecule has 1 aromatic rings. The van der Waals surface area contributed by atoms with E-state index in [-0.39, 0.29) is 12.6 Å². The molecule has 1 atom stereocenters. The number of aromatic nitrogens is 2. The van der Waals surface area contributed by atoms with Gasteiger partial charge in [0.25, 0.3) is 0 Å². The Morgan fingerprint density at radius 2 is 2.50 bits per heavy atom. The minimum absolute atomic E-state index is 0.0402. The van der Waals surface area contributed by atoms with Crippen LogP contribution >= 0.6 is 11.6 Å². The van der Waals surface area contributed by atoms with Crippen molar-refractivity contribution in [2.24, 2.45) is 12.8 Å². The van der Waals surface area contributed by atoms with Gasteiger partial charge in [0.1, 0.15) is 5.15 Å². The highest BCUT2D eigenvalue weighted by Gasteiger charge is 2.10. The molecule has 0 aliphatic rings. The zero-order chi connectivity index (χ0) is 9.14. The molecule has 1 heterocycles. The third-order valence-electron chi connectivity index (χ3n) is 1.70. The van der Waals surface area contributed by atoms with Crippen molar-refractivity contribution in [2.75, 3.05) is 6.61 Å². The van der Waals surface area contributed by atoms with Gasteiger partial charge in [-0.1, -0.05) is 11.6 Å². The molecule has 0 saturated carbocycles. The van der Waals surface area contributed by atoms with Gasteiger partial charge in [0, 0.05) is 19.5 Å². The maximum atomic E-state index is 8.72. The monoisotopic (exact) mass is 189 g/mol. The molecule has 0 amide bonds. The lowest BCUT2D eigenvalue weighted by Crippen LogP contribution is -2.27. The average Bonchev–Trinajstić information content (AvgIpc) is 2.35. The van der Waals surface area contributed by atoms with Crippen LogP contribution in [0.4, 0.5) is 0 Å². The van der Waals surface area contributed by atoms with Crippen molar-refractivity contribution >= 4 is 11.6 Å². The molecule has 68 valence electrons. The van der Waals surface area contributed by atoms with Crippen molar-refractivity contribution in [2.45, 2.75) is 12.5 Å². The first-order chi connectivity index (χ1) is 5.65. The van der Waals surface area contributed by atoms with Gasteiger partial charge >= 0.3 is 0 Å². The van der Waals surface area contributed by atoms with Gasteiger partial charge in [-0.3, -0.25) is 0 Å². The molecule has 0 fully saturated rings. The van der Waals surface area contributed by atoms with Crippen LogP contribution in [0.2, 0.25) is 5.15 Å². The van der Waals surface area contributed by atoms with Gasteiger partial charge in [-0.2, -0.15) is 0 Å². The van der Waals surface area contributed by atoms with Gasteiger partial charge in [0.05, 0.1) is 18.6 Å². The summed E-state index contributed by atoms with van der Waals surface area (Å²) in [6.45, 7) is -0.0402. The fraction of sp³-hybridized carbons (Fsp3) is 0.571. The minimum atomic E-state index is -0.266. The summed E-state index contributed by atoms with van der Waals surface area (Å²) in [6.07, 6.45) is 2.17. The second-order valence-corrected chi connectivity index (χ2v) is 3.10. The van der Waals surface area contributed by atoms with Gasteiger partial charge in [-0.05, 0) is 0 Å². The number of hydrogen-bond acceptors (Lipinski definition) is 3. The number of aryl methyl sites for hydroxylation is 1. The van der Waals surface area contributed by atoms with Crippen LogP contribution < -0.4 is 5.73 Å². The summed E-state index contributed by atoms with van der Waals surface area (Å²) >= 11 is 5.78. The first-order valence-electron chi connectivity index (χ1n) is 3.67. The van der Waals surface area contributed by atoms with E-state index in [2.05, 4.69) is 4.98 Å². The number of nitrogens with zero attached hydrogens (tertiary/aromatic N) is 2. The van der Waals surface area contributed by atoms with E-state index in [1.165, 1.54) is 0 Å². The van der Waals surface area contributed by atoms with Gasteiger partial charge in [-0.15, -0.1) is 0 Å². The second kappa shape index (κ2) is 3.89. The van der Waals surface area contributed by atoms with Crippen molar-refractivity contribution in [1.29, 1.82) is 0 Å². The van der Waals surface area contributed by atoms with E-state index in [0.717, 1.165) is 5.69 Å². The summed E-state index contributed by atoms with van der Waals surface area (Å²) in [5.74, 6) is 0. The Balaban J connectivity index is 2.73. The van der Waals surface area contributed by atoms with Crippen molar-refractivity contribution in [1.82, 2.24) is 9.55 Å². The normalized spacial score (nSPS) is 13.3. The molecule has 5 heteroatoms. The molecule has 0 spiro atoms. The highest BCUT2D eigenvalue weighted by atomic mass is 35.5. The summed E-state index contributed by atoms with van der Waals surface area (Å²) in [4.78, 5) is 3.89. The molecule has 1 unspecified atom stereocenters. The first kappa shape index (κ1) is 9.51. The SMILES string of the molecule is Cn1cnc(Cl)c1CC(N)CO. The predicted molar refractivity (Wildman–Crippen MR) is 47.0 cm³/mol. The summed E-state index contributed by atoms with van der Waals surface area (Å²) in [6, 6.07) is -0.266. The molecular weight excluding hydrogens is 178 g/mol. The molecule has 0 aliphatic heterocycles. The Hall–Kier alpha value is -0.580. The van der Waals surface area contributed by atoms with Gasteiger partial charge in [0.15, 0.2) is 0 Å². The number of hydrogen-bond donors (Lipinski definition) is 2. The van der Waals surface area contributed by atoms with Crippen LogP contribution in [0.15, 0.2) is 6.33 Å².